The summed E-state index contributed by atoms with van der Waals surface area (Å²) in [6, 6.07) is 11.6. The summed E-state index contributed by atoms with van der Waals surface area (Å²) in [5.74, 6) is -0.236. The predicted molar refractivity (Wildman–Crippen MR) is 126 cm³/mol. The number of ether oxygens (including phenoxy) is 3. The molecule has 0 aliphatic carbocycles. The van der Waals surface area contributed by atoms with Crippen molar-refractivity contribution in [1.82, 2.24) is 10.2 Å². The summed E-state index contributed by atoms with van der Waals surface area (Å²) < 4.78 is 16.1. The Morgan fingerprint density at radius 3 is 2.72 bits per heavy atom. The van der Waals surface area contributed by atoms with Crippen molar-refractivity contribution in [3.8, 4) is 11.5 Å². The third kappa shape index (κ3) is 5.64. The molecule has 2 aromatic carbocycles. The van der Waals surface area contributed by atoms with Crippen LogP contribution in [0, 0.1) is 0 Å². The lowest BCUT2D eigenvalue weighted by molar-refractivity contribution is -0.122. The lowest BCUT2D eigenvalue weighted by Crippen LogP contribution is -2.32. The number of rotatable bonds is 9. The van der Waals surface area contributed by atoms with E-state index in [0.717, 1.165) is 0 Å². The van der Waals surface area contributed by atoms with Gasteiger partial charge >= 0.3 is 5.97 Å². The highest BCUT2D eigenvalue weighted by molar-refractivity contribution is 7.80. The Kier molecular flexibility index (Phi) is 8.21. The van der Waals surface area contributed by atoms with Crippen molar-refractivity contribution in [2.45, 2.75) is 13.3 Å². The van der Waals surface area contributed by atoms with Crippen molar-refractivity contribution in [2.75, 3.05) is 26.9 Å². The van der Waals surface area contributed by atoms with Crippen LogP contribution in [0.15, 0.2) is 48.2 Å². The number of amides is 1. The summed E-state index contributed by atoms with van der Waals surface area (Å²) in [7, 11) is 1.47. The first-order valence-electron chi connectivity index (χ1n) is 10.0. The number of hydrogen-bond acceptors (Lipinski definition) is 6. The van der Waals surface area contributed by atoms with Crippen LogP contribution in [-0.4, -0.2) is 48.8 Å². The molecule has 3 rings (SSSR count). The number of methoxy groups -OCH3 is 1. The van der Waals surface area contributed by atoms with E-state index in [2.05, 4.69) is 5.32 Å². The molecular formula is C23H23ClN2O5S. The summed E-state index contributed by atoms with van der Waals surface area (Å²) in [6.07, 6.45) is 2.35. The first-order valence-corrected chi connectivity index (χ1v) is 10.8. The lowest BCUT2D eigenvalue weighted by atomic mass is 10.1. The molecule has 1 aliphatic heterocycles. The summed E-state index contributed by atoms with van der Waals surface area (Å²) in [4.78, 5) is 26.7. The van der Waals surface area contributed by atoms with Crippen molar-refractivity contribution < 1.29 is 23.8 Å². The smallest absolute Gasteiger partial charge is 0.345 e. The van der Waals surface area contributed by atoms with Crippen molar-refractivity contribution >= 4 is 46.9 Å². The van der Waals surface area contributed by atoms with E-state index >= 15 is 0 Å². The molecule has 0 aromatic heterocycles. The molecule has 2 aromatic rings. The Balaban J connectivity index is 1.73. The number of hydrogen-bond donors (Lipinski definition) is 1. The van der Waals surface area contributed by atoms with Gasteiger partial charge in [0.15, 0.2) is 16.6 Å². The summed E-state index contributed by atoms with van der Waals surface area (Å²) in [5, 5.41) is 3.60. The van der Waals surface area contributed by atoms with Crippen LogP contribution < -0.4 is 14.8 Å². The van der Waals surface area contributed by atoms with Crippen LogP contribution in [0.4, 0.5) is 0 Å². The molecule has 7 nitrogen and oxygen atoms in total. The van der Waals surface area contributed by atoms with Gasteiger partial charge in [0.1, 0.15) is 5.70 Å². The van der Waals surface area contributed by atoms with Gasteiger partial charge in [0.05, 0.1) is 17.7 Å². The molecule has 1 N–H and O–H groups in total. The van der Waals surface area contributed by atoms with E-state index in [1.165, 1.54) is 12.0 Å². The third-order valence-electron chi connectivity index (χ3n) is 4.63. The molecule has 32 heavy (non-hydrogen) atoms. The molecule has 1 amide bonds. The number of thiocarbonyl (C=S) groups is 1. The lowest BCUT2D eigenvalue weighted by Gasteiger charge is -2.13. The van der Waals surface area contributed by atoms with Crippen LogP contribution in [0.2, 0.25) is 5.02 Å². The molecule has 1 heterocycles. The van der Waals surface area contributed by atoms with Gasteiger partial charge in [-0.2, -0.15) is 0 Å². The minimum absolute atomic E-state index is 0.209. The van der Waals surface area contributed by atoms with Crippen LogP contribution >= 0.6 is 23.8 Å². The molecule has 1 saturated heterocycles. The Morgan fingerprint density at radius 2 is 2.00 bits per heavy atom. The van der Waals surface area contributed by atoms with Gasteiger partial charge in [-0.15, -0.1) is 0 Å². The van der Waals surface area contributed by atoms with E-state index in [-0.39, 0.29) is 17.2 Å². The fourth-order valence-electron chi connectivity index (χ4n) is 3.05. The second-order valence-electron chi connectivity index (χ2n) is 6.78. The minimum Gasteiger partial charge on any atom is -0.493 e. The molecule has 0 unspecified atom stereocenters. The van der Waals surface area contributed by atoms with E-state index in [4.69, 9.17) is 38.0 Å². The maximum Gasteiger partial charge on any atom is 0.345 e. The number of carbonyl (C=O) groups is 2. The molecule has 0 bridgehead atoms. The van der Waals surface area contributed by atoms with Crippen molar-refractivity contribution in [3.05, 3.63) is 64.3 Å². The highest BCUT2D eigenvalue weighted by Gasteiger charge is 2.30. The van der Waals surface area contributed by atoms with Gasteiger partial charge in [0.2, 0.25) is 0 Å². The number of nitrogens with zero attached hydrogens (tertiary/aromatic N) is 1. The highest BCUT2D eigenvalue weighted by Crippen LogP contribution is 2.30. The van der Waals surface area contributed by atoms with Gasteiger partial charge in [-0.05, 0) is 61.5 Å². The number of halogens is 1. The third-order valence-corrected chi connectivity index (χ3v) is 5.28. The molecule has 0 spiro atoms. The Labute approximate surface area is 196 Å². The van der Waals surface area contributed by atoms with Crippen molar-refractivity contribution in [3.63, 3.8) is 0 Å². The SMILES string of the molecule is CCOCCCN1C(=O)/C(=C\c2ccc(OC(=O)c3ccccc3Cl)c(OC)c2)NC1=S. The Morgan fingerprint density at radius 1 is 1.22 bits per heavy atom. The molecule has 168 valence electrons. The number of nitrogens with one attached hydrogen (secondary N) is 1. The van der Waals surface area contributed by atoms with Gasteiger partial charge in [-0.25, -0.2) is 4.79 Å². The van der Waals surface area contributed by atoms with E-state index in [1.54, 1.807) is 48.5 Å². The maximum atomic E-state index is 12.7. The largest absolute Gasteiger partial charge is 0.493 e. The number of benzene rings is 2. The fraction of sp³-hybridized carbons (Fsp3) is 0.261. The molecule has 1 fully saturated rings. The highest BCUT2D eigenvalue weighted by atomic mass is 35.5. The number of esters is 1. The average Bonchev–Trinajstić information content (AvgIpc) is 3.05. The van der Waals surface area contributed by atoms with Crippen LogP contribution in [0.25, 0.3) is 6.08 Å². The van der Waals surface area contributed by atoms with Crippen molar-refractivity contribution in [2.24, 2.45) is 0 Å². The standard InChI is InChI=1S/C23H23ClN2O5S/c1-3-30-12-6-11-26-21(27)18(25-23(26)32)13-15-9-10-19(20(14-15)29-2)31-22(28)16-7-4-5-8-17(16)24/h4-5,7-10,13-14H,3,6,11-12H2,1-2H3,(H,25,32)/b18-13+. The first-order chi connectivity index (χ1) is 15.4. The first kappa shape index (κ1) is 23.7. The van der Waals surface area contributed by atoms with Gasteiger partial charge < -0.3 is 19.5 Å². The minimum atomic E-state index is -0.597. The van der Waals surface area contributed by atoms with Crippen LogP contribution in [0.3, 0.4) is 0 Å². The second kappa shape index (κ2) is 11.1. The zero-order chi connectivity index (χ0) is 23.1. The summed E-state index contributed by atoms with van der Waals surface area (Å²) in [6.45, 7) is 3.59. The molecular weight excluding hydrogens is 452 g/mol. The van der Waals surface area contributed by atoms with E-state index in [0.29, 0.717) is 53.3 Å². The summed E-state index contributed by atoms with van der Waals surface area (Å²) >= 11 is 11.3. The van der Waals surface area contributed by atoms with E-state index in [1.807, 2.05) is 6.92 Å². The van der Waals surface area contributed by atoms with Crippen LogP contribution in [-0.2, 0) is 9.53 Å². The maximum absolute atomic E-state index is 12.7. The Bertz CT molecular complexity index is 1060. The van der Waals surface area contributed by atoms with Crippen LogP contribution in [0.1, 0.15) is 29.3 Å². The Hall–Kier alpha value is -2.94. The fourth-order valence-corrected chi connectivity index (χ4v) is 3.55. The van der Waals surface area contributed by atoms with Gasteiger partial charge in [-0.1, -0.05) is 29.8 Å². The topological polar surface area (TPSA) is 77.1 Å². The van der Waals surface area contributed by atoms with Gasteiger partial charge in [-0.3, -0.25) is 9.69 Å². The average molecular weight is 475 g/mol. The molecule has 9 heteroatoms. The molecule has 0 radical (unpaired) electrons. The molecule has 0 saturated carbocycles. The van der Waals surface area contributed by atoms with Gasteiger partial charge in [0, 0.05) is 19.8 Å². The van der Waals surface area contributed by atoms with E-state index in [9.17, 15) is 9.59 Å². The van der Waals surface area contributed by atoms with Gasteiger partial charge in [0.25, 0.3) is 5.91 Å². The molecule has 1 aliphatic rings. The van der Waals surface area contributed by atoms with Crippen LogP contribution in [0.5, 0.6) is 11.5 Å². The quantitative estimate of drug-likeness (QED) is 0.193. The zero-order valence-electron chi connectivity index (χ0n) is 17.7. The zero-order valence-corrected chi connectivity index (χ0v) is 19.3. The predicted octanol–water partition coefficient (Wildman–Crippen LogP) is 4.05. The monoisotopic (exact) mass is 474 g/mol. The summed E-state index contributed by atoms with van der Waals surface area (Å²) in [5.41, 5.74) is 1.28. The van der Waals surface area contributed by atoms with Crippen molar-refractivity contribution in [1.29, 1.82) is 0 Å². The normalized spacial score (nSPS) is 14.6. The molecule has 0 atom stereocenters. The number of carbonyl (C=O) groups excluding carboxylic acids is 2. The van der Waals surface area contributed by atoms with E-state index < -0.39 is 5.97 Å². The second-order valence-corrected chi connectivity index (χ2v) is 7.57.